The molecule has 2 aromatic heterocycles. The minimum Gasteiger partial charge on any atom is -0.294 e. The molecule has 0 N–H and O–H groups in total. The Morgan fingerprint density at radius 1 is 1.47 bits per heavy atom. The third-order valence-electron chi connectivity index (χ3n) is 3.19. The SMILES string of the molecule is CCc1cnccc1C(=O)Cc1c(C)nn(C)c1Cl. The van der Waals surface area contributed by atoms with Crippen LogP contribution in [0.25, 0.3) is 0 Å². The molecule has 100 valence electrons. The van der Waals surface area contributed by atoms with Gasteiger partial charge in [-0.25, -0.2) is 0 Å². The number of aromatic nitrogens is 3. The first-order valence-corrected chi connectivity index (χ1v) is 6.56. The van der Waals surface area contributed by atoms with Crippen LogP contribution in [0.1, 0.15) is 34.1 Å². The number of aryl methyl sites for hydroxylation is 3. The number of hydrogen-bond acceptors (Lipinski definition) is 3. The van der Waals surface area contributed by atoms with Gasteiger partial charge in [0.2, 0.25) is 0 Å². The van der Waals surface area contributed by atoms with Gasteiger partial charge >= 0.3 is 0 Å². The molecule has 0 aliphatic carbocycles. The molecule has 0 unspecified atom stereocenters. The van der Waals surface area contributed by atoms with Crippen molar-refractivity contribution in [2.45, 2.75) is 26.7 Å². The van der Waals surface area contributed by atoms with Crippen LogP contribution in [0.4, 0.5) is 0 Å². The highest BCUT2D eigenvalue weighted by Gasteiger charge is 2.17. The highest BCUT2D eigenvalue weighted by Crippen LogP contribution is 2.21. The van der Waals surface area contributed by atoms with Crippen LogP contribution >= 0.6 is 11.6 Å². The summed E-state index contributed by atoms with van der Waals surface area (Å²) >= 11 is 6.16. The zero-order valence-electron chi connectivity index (χ0n) is 11.3. The molecule has 0 aliphatic heterocycles. The summed E-state index contributed by atoms with van der Waals surface area (Å²) in [5.74, 6) is 0.0530. The largest absolute Gasteiger partial charge is 0.294 e. The standard InChI is InChI=1S/C14H16ClN3O/c1-4-10-8-16-6-5-11(10)13(19)7-12-9(2)17-18(3)14(12)15/h5-6,8H,4,7H2,1-3H3. The lowest BCUT2D eigenvalue weighted by Gasteiger charge is -2.06. The number of nitrogens with zero attached hydrogens (tertiary/aromatic N) is 3. The Morgan fingerprint density at radius 3 is 2.79 bits per heavy atom. The third-order valence-corrected chi connectivity index (χ3v) is 3.66. The quantitative estimate of drug-likeness (QED) is 0.808. The number of carbonyl (C=O) groups is 1. The zero-order chi connectivity index (χ0) is 14.0. The van der Waals surface area contributed by atoms with Crippen molar-refractivity contribution in [1.82, 2.24) is 14.8 Å². The molecule has 0 fully saturated rings. The summed E-state index contributed by atoms with van der Waals surface area (Å²) in [7, 11) is 1.77. The van der Waals surface area contributed by atoms with Gasteiger partial charge in [0.1, 0.15) is 5.15 Å². The van der Waals surface area contributed by atoms with Crippen molar-refractivity contribution in [2.75, 3.05) is 0 Å². The molecular formula is C14H16ClN3O. The molecule has 2 heterocycles. The first-order valence-electron chi connectivity index (χ1n) is 6.18. The molecule has 0 atom stereocenters. The van der Waals surface area contributed by atoms with Crippen molar-refractivity contribution in [3.05, 3.63) is 46.0 Å². The number of ketones is 1. The second-order valence-corrected chi connectivity index (χ2v) is 4.82. The fourth-order valence-corrected chi connectivity index (χ4v) is 2.35. The van der Waals surface area contributed by atoms with E-state index in [1.165, 1.54) is 0 Å². The maximum Gasteiger partial charge on any atom is 0.167 e. The van der Waals surface area contributed by atoms with Crippen molar-refractivity contribution >= 4 is 17.4 Å². The van der Waals surface area contributed by atoms with E-state index >= 15 is 0 Å². The lowest BCUT2D eigenvalue weighted by Crippen LogP contribution is -2.08. The molecule has 0 aliphatic rings. The minimum absolute atomic E-state index is 0.0530. The summed E-state index contributed by atoms with van der Waals surface area (Å²) in [5, 5.41) is 4.75. The zero-order valence-corrected chi connectivity index (χ0v) is 12.0. The van der Waals surface area contributed by atoms with Crippen LogP contribution in [-0.2, 0) is 19.9 Å². The van der Waals surface area contributed by atoms with Gasteiger partial charge in [0.15, 0.2) is 5.78 Å². The van der Waals surface area contributed by atoms with E-state index in [0.717, 1.165) is 28.8 Å². The van der Waals surface area contributed by atoms with Crippen molar-refractivity contribution in [2.24, 2.45) is 7.05 Å². The van der Waals surface area contributed by atoms with Gasteiger partial charge in [-0.1, -0.05) is 18.5 Å². The topological polar surface area (TPSA) is 47.8 Å². The van der Waals surface area contributed by atoms with E-state index in [2.05, 4.69) is 10.1 Å². The van der Waals surface area contributed by atoms with E-state index in [0.29, 0.717) is 5.15 Å². The molecule has 0 saturated heterocycles. The van der Waals surface area contributed by atoms with E-state index in [-0.39, 0.29) is 12.2 Å². The Bertz CT molecular complexity index is 619. The summed E-state index contributed by atoms with van der Waals surface area (Å²) < 4.78 is 1.59. The first-order chi connectivity index (χ1) is 9.04. The van der Waals surface area contributed by atoms with Gasteiger partial charge in [-0.3, -0.25) is 14.5 Å². The molecule has 0 amide bonds. The van der Waals surface area contributed by atoms with E-state index in [4.69, 9.17) is 11.6 Å². The van der Waals surface area contributed by atoms with E-state index in [9.17, 15) is 4.79 Å². The number of Topliss-reactive ketones (excluding diaryl/α,β-unsaturated/α-hetero) is 1. The number of carbonyl (C=O) groups excluding carboxylic acids is 1. The molecule has 2 rings (SSSR count). The second kappa shape index (κ2) is 5.53. The van der Waals surface area contributed by atoms with Crippen LogP contribution < -0.4 is 0 Å². The maximum absolute atomic E-state index is 12.4. The summed E-state index contributed by atoms with van der Waals surface area (Å²) in [5.41, 5.74) is 3.28. The number of halogens is 1. The Kier molecular flexibility index (Phi) is 4.00. The van der Waals surface area contributed by atoms with Crippen LogP contribution in [0.5, 0.6) is 0 Å². The van der Waals surface area contributed by atoms with Gasteiger partial charge in [-0.2, -0.15) is 5.10 Å². The molecule has 4 nitrogen and oxygen atoms in total. The molecule has 0 bridgehead atoms. The van der Waals surface area contributed by atoms with Gasteiger partial charge in [0.05, 0.1) is 5.69 Å². The fourth-order valence-electron chi connectivity index (χ4n) is 2.11. The Morgan fingerprint density at radius 2 is 2.21 bits per heavy atom. The summed E-state index contributed by atoms with van der Waals surface area (Å²) in [6.45, 7) is 3.87. The maximum atomic E-state index is 12.4. The average Bonchev–Trinajstić information content (AvgIpc) is 2.65. The van der Waals surface area contributed by atoms with E-state index in [1.54, 1.807) is 30.2 Å². The van der Waals surface area contributed by atoms with Crippen molar-refractivity contribution in [3.8, 4) is 0 Å². The van der Waals surface area contributed by atoms with Gasteiger partial charge in [0.25, 0.3) is 0 Å². The Labute approximate surface area is 117 Å². The molecule has 5 heteroatoms. The van der Waals surface area contributed by atoms with Crippen LogP contribution in [-0.4, -0.2) is 20.5 Å². The first kappa shape index (κ1) is 13.7. The highest BCUT2D eigenvalue weighted by molar-refractivity contribution is 6.30. The third kappa shape index (κ3) is 2.68. The van der Waals surface area contributed by atoms with E-state index in [1.807, 2.05) is 13.8 Å². The Hall–Kier alpha value is -1.68. The minimum atomic E-state index is 0.0530. The number of pyridine rings is 1. The molecule has 0 spiro atoms. The smallest absolute Gasteiger partial charge is 0.167 e. The van der Waals surface area contributed by atoms with Crippen LogP contribution in [0.2, 0.25) is 5.15 Å². The van der Waals surface area contributed by atoms with E-state index < -0.39 is 0 Å². The van der Waals surface area contributed by atoms with Gasteiger partial charge < -0.3 is 0 Å². The van der Waals surface area contributed by atoms with Gasteiger partial charge in [-0.05, 0) is 25.0 Å². The number of hydrogen-bond donors (Lipinski definition) is 0. The average molecular weight is 278 g/mol. The van der Waals surface area contributed by atoms with Gasteiger partial charge in [-0.15, -0.1) is 0 Å². The number of rotatable bonds is 4. The highest BCUT2D eigenvalue weighted by atomic mass is 35.5. The van der Waals surface area contributed by atoms with Gasteiger partial charge in [0, 0.05) is 37.0 Å². The molecule has 0 radical (unpaired) electrons. The monoisotopic (exact) mass is 277 g/mol. The predicted molar refractivity (Wildman–Crippen MR) is 74.6 cm³/mol. The second-order valence-electron chi connectivity index (χ2n) is 4.46. The lowest BCUT2D eigenvalue weighted by molar-refractivity contribution is 0.0992. The van der Waals surface area contributed by atoms with Crippen LogP contribution in [0.15, 0.2) is 18.5 Å². The normalized spacial score (nSPS) is 10.7. The summed E-state index contributed by atoms with van der Waals surface area (Å²) in [4.78, 5) is 16.4. The van der Waals surface area contributed by atoms with Crippen LogP contribution in [0.3, 0.4) is 0 Å². The summed E-state index contributed by atoms with van der Waals surface area (Å²) in [6, 6.07) is 1.76. The fraction of sp³-hybridized carbons (Fsp3) is 0.357. The van der Waals surface area contributed by atoms with Crippen molar-refractivity contribution in [3.63, 3.8) is 0 Å². The summed E-state index contributed by atoms with van der Waals surface area (Å²) in [6.07, 6.45) is 4.44. The van der Waals surface area contributed by atoms with Crippen LogP contribution in [0, 0.1) is 6.92 Å². The lowest BCUT2D eigenvalue weighted by atomic mass is 9.99. The molecule has 2 aromatic rings. The predicted octanol–water partition coefficient (Wildman–Crippen LogP) is 2.76. The molecular weight excluding hydrogens is 262 g/mol. The molecule has 0 saturated carbocycles. The molecule has 0 aromatic carbocycles. The van der Waals surface area contributed by atoms with Crippen molar-refractivity contribution in [1.29, 1.82) is 0 Å². The molecule has 19 heavy (non-hydrogen) atoms. The van der Waals surface area contributed by atoms with Crippen molar-refractivity contribution < 1.29 is 4.79 Å². The Balaban J connectivity index is 2.31.